The Hall–Kier alpha value is -6.65. The van der Waals surface area contributed by atoms with Crippen LogP contribution in [0.3, 0.4) is 0 Å². The maximum atomic E-state index is 5.05. The van der Waals surface area contributed by atoms with E-state index in [1.54, 1.807) is 0 Å². The number of hydrogen-bond acceptors (Lipinski definition) is 2. The smallest absolute Gasteiger partial charge is 0.238 e. The molecule has 3 heterocycles. The van der Waals surface area contributed by atoms with Crippen LogP contribution in [0.5, 0.6) is 0 Å². The summed E-state index contributed by atoms with van der Waals surface area (Å²) in [6.07, 6.45) is 3.87. The Morgan fingerprint density at radius 2 is 0.959 bits per heavy atom. The third-order valence-electron chi connectivity index (χ3n) is 9.15. The summed E-state index contributed by atoms with van der Waals surface area (Å²) in [5, 5.41) is 7.51. The number of rotatable bonds is 6. The molecular weight excluding hydrogens is 597 g/mol. The van der Waals surface area contributed by atoms with Gasteiger partial charge in [-0.1, -0.05) is 114 Å². The van der Waals surface area contributed by atoms with Gasteiger partial charge in [0.25, 0.3) is 0 Å². The van der Waals surface area contributed by atoms with Gasteiger partial charge in [0, 0.05) is 45.5 Å². The third kappa shape index (κ3) is 5.35. The van der Waals surface area contributed by atoms with Crippen LogP contribution in [0.25, 0.3) is 77.9 Å². The fourth-order valence-corrected chi connectivity index (χ4v) is 6.72. The van der Waals surface area contributed by atoms with E-state index in [2.05, 4.69) is 149 Å². The van der Waals surface area contributed by atoms with Crippen molar-refractivity contribution in [2.24, 2.45) is 0 Å². The largest absolute Gasteiger partial charge is 0.309 e. The van der Waals surface area contributed by atoms with Crippen molar-refractivity contribution in [3.8, 4) is 56.1 Å². The van der Waals surface area contributed by atoms with Gasteiger partial charge in [-0.2, -0.15) is 0 Å². The van der Waals surface area contributed by atoms with Gasteiger partial charge in [0.15, 0.2) is 0 Å². The van der Waals surface area contributed by atoms with E-state index >= 15 is 0 Å². The highest BCUT2D eigenvalue weighted by molar-refractivity contribution is 6.11. The molecule has 0 amide bonds. The predicted octanol–water partition coefficient (Wildman–Crippen LogP) is 10.5. The summed E-state index contributed by atoms with van der Waals surface area (Å²) in [7, 11) is 0. The van der Waals surface area contributed by atoms with Crippen LogP contribution in [-0.2, 0) is 0 Å². The summed E-state index contributed by atoms with van der Waals surface area (Å²) in [5.41, 5.74) is 13.1. The van der Waals surface area contributed by atoms with E-state index in [0.717, 1.165) is 33.9 Å². The minimum Gasteiger partial charge on any atom is -0.309 e. The standard InChI is InChI=1S/C45H31N4/c1-4-12-32(13-5-1)35-21-25-44-40(28-35)41-29-36(33-14-6-2-7-15-33)22-26-45(41)49(44)39-23-19-34(20-24-39)43-30-37(42-18-10-11-27-46-42)31-48(47-43)38-16-8-3-9-17-38/h1-31H/q+1. The lowest BCUT2D eigenvalue weighted by atomic mass is 10.0. The Kier molecular flexibility index (Phi) is 7.10. The first kappa shape index (κ1) is 28.6. The Bertz CT molecular complexity index is 2400. The second kappa shape index (κ2) is 12.2. The average Bonchev–Trinajstić information content (AvgIpc) is 3.52. The second-order valence-corrected chi connectivity index (χ2v) is 12.2. The average molecular weight is 628 g/mol. The van der Waals surface area contributed by atoms with Crippen LogP contribution in [-0.4, -0.2) is 14.6 Å². The van der Waals surface area contributed by atoms with Crippen LogP contribution >= 0.6 is 0 Å². The molecule has 4 nitrogen and oxygen atoms in total. The van der Waals surface area contributed by atoms with Crippen LogP contribution < -0.4 is 4.68 Å². The van der Waals surface area contributed by atoms with Crippen LogP contribution in [0.2, 0.25) is 0 Å². The van der Waals surface area contributed by atoms with Crippen molar-refractivity contribution in [1.82, 2.24) is 14.6 Å². The molecule has 0 radical (unpaired) electrons. The minimum atomic E-state index is 0.876. The molecule has 0 aliphatic carbocycles. The molecule has 9 rings (SSSR count). The van der Waals surface area contributed by atoms with E-state index in [0.29, 0.717) is 0 Å². The monoisotopic (exact) mass is 627 g/mol. The molecular formula is C45H31N4+. The van der Waals surface area contributed by atoms with E-state index in [1.807, 2.05) is 53.5 Å². The van der Waals surface area contributed by atoms with Gasteiger partial charge < -0.3 is 4.57 Å². The molecule has 0 saturated carbocycles. The van der Waals surface area contributed by atoms with E-state index in [4.69, 9.17) is 5.10 Å². The summed E-state index contributed by atoms with van der Waals surface area (Å²) < 4.78 is 4.31. The van der Waals surface area contributed by atoms with Crippen molar-refractivity contribution in [2.75, 3.05) is 0 Å². The molecule has 0 spiro atoms. The maximum absolute atomic E-state index is 5.05. The van der Waals surface area contributed by atoms with Crippen molar-refractivity contribution >= 4 is 21.8 Å². The number of hydrogen-bond donors (Lipinski definition) is 0. The Morgan fingerprint density at radius 3 is 1.53 bits per heavy atom. The van der Waals surface area contributed by atoms with E-state index in [9.17, 15) is 0 Å². The zero-order valence-electron chi connectivity index (χ0n) is 26.7. The zero-order valence-corrected chi connectivity index (χ0v) is 26.7. The molecule has 6 aromatic carbocycles. The van der Waals surface area contributed by atoms with Crippen LogP contribution in [0.15, 0.2) is 188 Å². The van der Waals surface area contributed by atoms with Crippen LogP contribution in [0.4, 0.5) is 0 Å². The van der Waals surface area contributed by atoms with Crippen molar-refractivity contribution in [1.29, 1.82) is 0 Å². The van der Waals surface area contributed by atoms with Gasteiger partial charge in [-0.15, -0.1) is 0 Å². The van der Waals surface area contributed by atoms with E-state index in [-0.39, 0.29) is 0 Å². The van der Waals surface area contributed by atoms with Crippen LogP contribution in [0, 0.1) is 0 Å². The number of fused-ring (bicyclic) bond motifs is 3. The van der Waals surface area contributed by atoms with Gasteiger partial charge in [-0.05, 0) is 76.9 Å². The van der Waals surface area contributed by atoms with Gasteiger partial charge in [0.1, 0.15) is 5.69 Å². The maximum Gasteiger partial charge on any atom is 0.238 e. The first-order valence-electron chi connectivity index (χ1n) is 16.5. The highest BCUT2D eigenvalue weighted by atomic mass is 15.3. The number of benzene rings is 6. The first-order valence-corrected chi connectivity index (χ1v) is 16.5. The number of aromatic nitrogens is 4. The topological polar surface area (TPSA) is 34.6 Å². The fraction of sp³-hybridized carbons (Fsp3) is 0. The number of pyridine rings is 1. The lowest BCUT2D eigenvalue weighted by Crippen LogP contribution is -2.35. The molecule has 49 heavy (non-hydrogen) atoms. The molecule has 0 unspecified atom stereocenters. The van der Waals surface area contributed by atoms with Gasteiger partial charge >= 0.3 is 0 Å². The molecule has 0 aliphatic heterocycles. The number of para-hydroxylation sites is 1. The lowest BCUT2D eigenvalue weighted by Gasteiger charge is -2.10. The molecule has 0 atom stereocenters. The van der Waals surface area contributed by atoms with Crippen molar-refractivity contribution < 1.29 is 4.68 Å². The minimum absolute atomic E-state index is 0.876. The molecule has 9 aromatic rings. The molecule has 3 aromatic heterocycles. The Morgan fingerprint density at radius 1 is 0.408 bits per heavy atom. The molecule has 4 heteroatoms. The van der Waals surface area contributed by atoms with Gasteiger partial charge in [0.05, 0.1) is 22.3 Å². The third-order valence-corrected chi connectivity index (χ3v) is 9.15. The van der Waals surface area contributed by atoms with E-state index < -0.39 is 0 Å². The summed E-state index contributed by atoms with van der Waals surface area (Å²) >= 11 is 0. The molecule has 0 saturated heterocycles. The second-order valence-electron chi connectivity index (χ2n) is 12.2. The highest BCUT2D eigenvalue weighted by Gasteiger charge is 2.18. The molecule has 0 N–H and O–H groups in total. The fourth-order valence-electron chi connectivity index (χ4n) is 6.72. The van der Waals surface area contributed by atoms with Crippen molar-refractivity contribution in [3.63, 3.8) is 0 Å². The van der Waals surface area contributed by atoms with Gasteiger partial charge in [0.2, 0.25) is 11.9 Å². The molecule has 0 fully saturated rings. The van der Waals surface area contributed by atoms with Crippen molar-refractivity contribution in [3.05, 3.63) is 188 Å². The molecule has 230 valence electrons. The number of nitrogens with zero attached hydrogens (tertiary/aromatic N) is 4. The SMILES string of the molecule is c1ccc(-c2ccc3c(c2)c2cc(-c4ccccc4)ccc2n3-c2ccc(-c3cc(-c4ccccn4)c[n+](-c4ccccc4)n3)cc2)cc1. The quantitative estimate of drug-likeness (QED) is 0.172. The van der Waals surface area contributed by atoms with Crippen LogP contribution in [0.1, 0.15) is 0 Å². The predicted molar refractivity (Wildman–Crippen MR) is 200 cm³/mol. The highest BCUT2D eigenvalue weighted by Crippen LogP contribution is 2.37. The summed E-state index contributed by atoms with van der Waals surface area (Å²) in [5.74, 6) is 0. The first-order chi connectivity index (χ1) is 24.3. The van der Waals surface area contributed by atoms with E-state index in [1.165, 1.54) is 44.1 Å². The van der Waals surface area contributed by atoms with Gasteiger partial charge in [-0.25, -0.2) is 0 Å². The molecule has 0 aliphatic rings. The molecule has 0 bridgehead atoms. The summed E-state index contributed by atoms with van der Waals surface area (Å²) in [6, 6.07) is 61.9. The normalized spacial score (nSPS) is 11.3. The Labute approximate surface area is 284 Å². The Balaban J connectivity index is 1.19. The summed E-state index contributed by atoms with van der Waals surface area (Å²) in [4.78, 5) is 4.63. The summed E-state index contributed by atoms with van der Waals surface area (Å²) in [6.45, 7) is 0. The van der Waals surface area contributed by atoms with Gasteiger partial charge in [-0.3, -0.25) is 4.98 Å². The van der Waals surface area contributed by atoms with Crippen molar-refractivity contribution in [2.45, 2.75) is 0 Å². The zero-order chi connectivity index (χ0) is 32.6. The lowest BCUT2D eigenvalue weighted by molar-refractivity contribution is -0.658.